The highest BCUT2D eigenvalue weighted by molar-refractivity contribution is 6.32. The Hall–Kier alpha value is -1.95. The smallest absolute Gasteiger partial charge is 0.324 e. The van der Waals surface area contributed by atoms with E-state index in [2.05, 4.69) is 10.6 Å². The fourth-order valence-electron chi connectivity index (χ4n) is 1.94. The lowest BCUT2D eigenvalue weighted by Gasteiger charge is -2.15. The number of hydrogen-bond acceptors (Lipinski definition) is 4. The number of benzene rings is 1. The number of hydrogen-bond donors (Lipinski definition) is 2. The van der Waals surface area contributed by atoms with Crippen LogP contribution >= 0.6 is 11.6 Å². The summed E-state index contributed by atoms with van der Waals surface area (Å²) in [4.78, 5) is 24.4. The Bertz CT molecular complexity index is 548. The van der Waals surface area contributed by atoms with E-state index < -0.39 is 0 Å². The molecule has 114 valence electrons. The summed E-state index contributed by atoms with van der Waals surface area (Å²) < 4.78 is 5.53. The van der Waals surface area contributed by atoms with Crippen molar-refractivity contribution in [1.82, 2.24) is 10.2 Å². The van der Waals surface area contributed by atoms with Gasteiger partial charge in [-0.15, -0.1) is 0 Å². The van der Waals surface area contributed by atoms with Gasteiger partial charge in [-0.05, 0) is 32.0 Å². The molecule has 3 amide bonds. The Morgan fingerprint density at radius 3 is 2.86 bits per heavy atom. The lowest BCUT2D eigenvalue weighted by molar-refractivity contribution is -0.125. The van der Waals surface area contributed by atoms with Gasteiger partial charge in [-0.1, -0.05) is 11.6 Å². The van der Waals surface area contributed by atoms with Crippen molar-refractivity contribution in [2.24, 2.45) is 0 Å². The second kappa shape index (κ2) is 6.67. The highest BCUT2D eigenvalue weighted by Crippen LogP contribution is 2.28. The van der Waals surface area contributed by atoms with Crippen LogP contribution in [0.4, 0.5) is 10.5 Å². The van der Waals surface area contributed by atoms with E-state index in [1.165, 1.54) is 4.90 Å². The maximum absolute atomic E-state index is 11.9. The molecule has 2 N–H and O–H groups in total. The van der Waals surface area contributed by atoms with E-state index in [1.807, 2.05) is 13.8 Å². The minimum atomic E-state index is -0.347. The molecule has 1 aliphatic heterocycles. The van der Waals surface area contributed by atoms with Crippen LogP contribution in [0.3, 0.4) is 0 Å². The number of anilines is 1. The van der Waals surface area contributed by atoms with Crippen molar-refractivity contribution in [2.45, 2.75) is 20.0 Å². The number of halogens is 1. The van der Waals surface area contributed by atoms with Gasteiger partial charge in [0.1, 0.15) is 5.75 Å². The van der Waals surface area contributed by atoms with E-state index in [0.29, 0.717) is 29.5 Å². The first kappa shape index (κ1) is 15.4. The first-order chi connectivity index (χ1) is 9.97. The summed E-state index contributed by atoms with van der Waals surface area (Å²) in [5, 5.41) is 6.01. The number of amides is 3. The minimum absolute atomic E-state index is 0.0358. The van der Waals surface area contributed by atoms with Gasteiger partial charge in [-0.3, -0.25) is 9.69 Å². The van der Waals surface area contributed by atoms with Crippen LogP contribution in [-0.4, -0.2) is 42.6 Å². The molecule has 1 aromatic rings. The Morgan fingerprint density at radius 1 is 1.52 bits per heavy atom. The van der Waals surface area contributed by atoms with E-state index in [9.17, 15) is 9.59 Å². The van der Waals surface area contributed by atoms with Crippen LogP contribution in [0.15, 0.2) is 18.2 Å². The summed E-state index contributed by atoms with van der Waals surface area (Å²) in [6.45, 7) is 4.78. The van der Waals surface area contributed by atoms with Gasteiger partial charge in [0, 0.05) is 18.8 Å². The molecule has 0 atom stereocenters. The quantitative estimate of drug-likeness (QED) is 0.873. The molecule has 21 heavy (non-hydrogen) atoms. The van der Waals surface area contributed by atoms with E-state index in [1.54, 1.807) is 18.2 Å². The molecule has 0 bridgehead atoms. The van der Waals surface area contributed by atoms with Crippen LogP contribution < -0.4 is 15.4 Å². The number of carbonyl (C=O) groups is 2. The van der Waals surface area contributed by atoms with Gasteiger partial charge >= 0.3 is 6.03 Å². The zero-order valence-corrected chi connectivity index (χ0v) is 12.7. The molecule has 0 saturated carbocycles. The maximum Gasteiger partial charge on any atom is 0.324 e. The monoisotopic (exact) mass is 311 g/mol. The zero-order valence-electron chi connectivity index (χ0n) is 12.0. The number of imide groups is 1. The molecule has 6 nitrogen and oxygen atoms in total. The number of carbonyl (C=O) groups excluding carboxylic acids is 2. The summed E-state index contributed by atoms with van der Waals surface area (Å²) in [5.41, 5.74) is 0.698. The van der Waals surface area contributed by atoms with Crippen molar-refractivity contribution in [3.63, 3.8) is 0 Å². The van der Waals surface area contributed by atoms with Crippen LogP contribution in [0.25, 0.3) is 0 Å². The van der Waals surface area contributed by atoms with Gasteiger partial charge in [0.05, 0.1) is 17.7 Å². The number of urea groups is 1. The third kappa shape index (κ3) is 4.01. The largest absolute Gasteiger partial charge is 0.489 e. The summed E-state index contributed by atoms with van der Waals surface area (Å²) >= 11 is 6.11. The molecule has 1 aromatic carbocycles. The Morgan fingerprint density at radius 2 is 2.29 bits per heavy atom. The average Bonchev–Trinajstić information content (AvgIpc) is 2.85. The van der Waals surface area contributed by atoms with Crippen molar-refractivity contribution in [2.75, 3.05) is 25.0 Å². The molecule has 2 rings (SSSR count). The van der Waals surface area contributed by atoms with Gasteiger partial charge in [0.2, 0.25) is 5.91 Å². The van der Waals surface area contributed by atoms with Gasteiger partial charge in [0.15, 0.2) is 0 Å². The van der Waals surface area contributed by atoms with Crippen LogP contribution in [0.2, 0.25) is 5.02 Å². The van der Waals surface area contributed by atoms with Gasteiger partial charge in [0.25, 0.3) is 0 Å². The van der Waals surface area contributed by atoms with Crippen LogP contribution in [-0.2, 0) is 4.79 Å². The first-order valence-corrected chi connectivity index (χ1v) is 7.13. The van der Waals surface area contributed by atoms with Gasteiger partial charge < -0.3 is 15.4 Å². The predicted octanol–water partition coefficient (Wildman–Crippen LogP) is 2.09. The Balaban J connectivity index is 1.93. The van der Waals surface area contributed by atoms with Crippen molar-refractivity contribution < 1.29 is 14.3 Å². The zero-order chi connectivity index (χ0) is 15.4. The van der Waals surface area contributed by atoms with Crippen molar-refractivity contribution in [3.05, 3.63) is 23.2 Å². The summed E-state index contributed by atoms with van der Waals surface area (Å²) in [5.74, 6) is 0.325. The average molecular weight is 312 g/mol. The third-order valence-electron chi connectivity index (χ3n) is 2.90. The van der Waals surface area contributed by atoms with Crippen LogP contribution in [0.1, 0.15) is 13.8 Å². The minimum Gasteiger partial charge on any atom is -0.489 e. The third-order valence-corrected chi connectivity index (χ3v) is 3.19. The molecule has 0 spiro atoms. The van der Waals surface area contributed by atoms with E-state index in [4.69, 9.17) is 16.3 Å². The normalized spacial score (nSPS) is 14.3. The molecule has 0 radical (unpaired) electrons. The topological polar surface area (TPSA) is 70.7 Å². The Labute approximate surface area is 128 Å². The fourth-order valence-corrected chi connectivity index (χ4v) is 2.17. The van der Waals surface area contributed by atoms with Crippen LogP contribution in [0, 0.1) is 0 Å². The highest BCUT2D eigenvalue weighted by Gasteiger charge is 2.25. The van der Waals surface area contributed by atoms with E-state index in [0.717, 1.165) is 0 Å². The highest BCUT2D eigenvalue weighted by atomic mass is 35.5. The van der Waals surface area contributed by atoms with Crippen molar-refractivity contribution in [1.29, 1.82) is 0 Å². The SMILES string of the molecule is CC(C)Oc1ccc(NCC(=O)N2CCNC2=O)cc1Cl. The van der Waals surface area contributed by atoms with Gasteiger partial charge in [-0.2, -0.15) is 0 Å². The summed E-state index contributed by atoms with van der Waals surface area (Å²) in [7, 11) is 0. The van der Waals surface area contributed by atoms with E-state index in [-0.39, 0.29) is 24.6 Å². The number of nitrogens with one attached hydrogen (secondary N) is 2. The standard InChI is InChI=1S/C14H18ClN3O3/c1-9(2)21-12-4-3-10(7-11(12)15)17-8-13(19)18-6-5-16-14(18)20/h3-4,7,9,17H,5-6,8H2,1-2H3,(H,16,20). The molecule has 0 aromatic heterocycles. The second-order valence-electron chi connectivity index (χ2n) is 4.94. The van der Waals surface area contributed by atoms with Crippen molar-refractivity contribution >= 4 is 29.2 Å². The molecular weight excluding hydrogens is 294 g/mol. The lowest BCUT2D eigenvalue weighted by Crippen LogP contribution is -2.37. The number of nitrogens with zero attached hydrogens (tertiary/aromatic N) is 1. The number of rotatable bonds is 5. The lowest BCUT2D eigenvalue weighted by atomic mass is 10.3. The number of ether oxygens (including phenoxy) is 1. The molecule has 0 aliphatic carbocycles. The Kier molecular flexibility index (Phi) is 4.90. The fraction of sp³-hybridized carbons (Fsp3) is 0.429. The molecular formula is C14H18ClN3O3. The van der Waals surface area contributed by atoms with Crippen molar-refractivity contribution in [3.8, 4) is 5.75 Å². The second-order valence-corrected chi connectivity index (χ2v) is 5.35. The first-order valence-electron chi connectivity index (χ1n) is 6.75. The van der Waals surface area contributed by atoms with Gasteiger partial charge in [-0.25, -0.2) is 4.79 Å². The summed E-state index contributed by atoms with van der Waals surface area (Å²) in [6, 6.07) is 4.87. The van der Waals surface area contributed by atoms with Crippen LogP contribution in [0.5, 0.6) is 5.75 Å². The predicted molar refractivity (Wildman–Crippen MR) is 80.8 cm³/mol. The molecule has 1 saturated heterocycles. The summed E-state index contributed by atoms with van der Waals surface area (Å²) in [6.07, 6.45) is 0.0385. The van der Waals surface area contributed by atoms with E-state index >= 15 is 0 Å². The molecule has 1 fully saturated rings. The maximum atomic E-state index is 11.9. The molecule has 1 heterocycles. The molecule has 0 unspecified atom stereocenters. The molecule has 7 heteroatoms. The molecule has 1 aliphatic rings.